The van der Waals surface area contributed by atoms with E-state index in [0.29, 0.717) is 12.2 Å². The first-order chi connectivity index (χ1) is 12.4. The molecule has 1 aromatic carbocycles. The number of aliphatic hydroxyl groups excluding tert-OH is 1. The van der Waals surface area contributed by atoms with Crippen LogP contribution in [0.3, 0.4) is 0 Å². The maximum Gasteiger partial charge on any atom is 0.243 e. The number of aromatic nitrogens is 2. The van der Waals surface area contributed by atoms with Crippen molar-refractivity contribution < 1.29 is 18.1 Å². The first-order valence-electron chi connectivity index (χ1n) is 9.18. The van der Waals surface area contributed by atoms with Gasteiger partial charge < -0.3 is 5.11 Å². The van der Waals surface area contributed by atoms with E-state index in [2.05, 4.69) is 16.2 Å². The first kappa shape index (κ1) is 20.5. The maximum atomic E-state index is 11.2. The number of benzene rings is 1. The molecule has 6 nitrogen and oxygen atoms in total. The predicted octanol–water partition coefficient (Wildman–Crippen LogP) is 2.85. The fraction of sp³-hybridized carbons (Fsp3) is 0.526. The average molecular weight is 381 g/mol. The summed E-state index contributed by atoms with van der Waals surface area (Å²) in [4.78, 5) is 0. The summed E-state index contributed by atoms with van der Waals surface area (Å²) in [5.74, 6) is 0. The van der Waals surface area contributed by atoms with Crippen LogP contribution in [-0.2, 0) is 23.1 Å². The Labute approximate surface area is 156 Å². The largest absolute Gasteiger partial charge is 0.384 e. The summed E-state index contributed by atoms with van der Waals surface area (Å²) < 4.78 is 29.0. The molecule has 0 amide bonds. The van der Waals surface area contributed by atoms with Crippen molar-refractivity contribution in [3.63, 3.8) is 0 Å². The molecule has 0 saturated heterocycles. The quantitative estimate of drug-likeness (QED) is 0.465. The van der Waals surface area contributed by atoms with Crippen LogP contribution >= 0.6 is 0 Å². The Morgan fingerprint density at radius 2 is 1.85 bits per heavy atom. The van der Waals surface area contributed by atoms with Gasteiger partial charge in [0.2, 0.25) is 16.4 Å². The number of hydrogen-bond donors (Lipinski definition) is 2. The van der Waals surface area contributed by atoms with E-state index in [-0.39, 0.29) is 0 Å². The van der Waals surface area contributed by atoms with E-state index in [4.69, 9.17) is 0 Å². The lowest BCUT2D eigenvalue weighted by molar-refractivity contribution is -0.704. The Bertz CT molecular complexity index is 770. The zero-order valence-corrected chi connectivity index (χ0v) is 16.5. The normalized spacial score (nSPS) is 12.9. The molecule has 26 heavy (non-hydrogen) atoms. The number of unbranched alkanes of at least 4 members (excludes halogenated alkanes) is 4. The van der Waals surface area contributed by atoms with E-state index in [1.807, 2.05) is 23.3 Å². The summed E-state index contributed by atoms with van der Waals surface area (Å²) in [6.07, 6.45) is 12.8. The molecule has 2 rings (SSSR count). The molecule has 1 unspecified atom stereocenters. The molecular formula is C19H30N3O3S+. The number of nitrogens with zero attached hydrogens (tertiary/aromatic N) is 2. The third kappa shape index (κ3) is 7.17. The first-order valence-corrected chi connectivity index (χ1v) is 11.1. The third-order valence-electron chi connectivity index (χ3n) is 4.25. The zero-order chi connectivity index (χ0) is 19.0. The summed E-state index contributed by atoms with van der Waals surface area (Å²) in [6, 6.07) is 6.80. The lowest BCUT2D eigenvalue weighted by Gasteiger charge is -2.10. The molecule has 1 aromatic heterocycles. The number of nitrogens with one attached hydrogen (secondary N) is 1. The number of imidazole rings is 1. The van der Waals surface area contributed by atoms with Crippen LogP contribution in [0, 0.1) is 0 Å². The van der Waals surface area contributed by atoms with E-state index in [1.54, 1.807) is 24.3 Å². The summed E-state index contributed by atoms with van der Waals surface area (Å²) in [5.41, 5.74) is 1.24. The van der Waals surface area contributed by atoms with E-state index in [1.165, 1.54) is 32.1 Å². The van der Waals surface area contributed by atoms with Gasteiger partial charge in [0.25, 0.3) is 0 Å². The topological polar surface area (TPSA) is 75.2 Å². The van der Waals surface area contributed by atoms with Crippen LogP contribution in [0.5, 0.6) is 0 Å². The summed E-state index contributed by atoms with van der Waals surface area (Å²) in [6.45, 7) is 3.68. The van der Waals surface area contributed by atoms with Crippen molar-refractivity contribution in [1.82, 2.24) is 4.57 Å². The Balaban J connectivity index is 1.84. The van der Waals surface area contributed by atoms with Crippen molar-refractivity contribution in [3.8, 4) is 0 Å². The highest BCUT2D eigenvalue weighted by atomic mass is 32.2. The summed E-state index contributed by atoms with van der Waals surface area (Å²) >= 11 is 0. The molecule has 0 fully saturated rings. The SMILES string of the molecule is CCCCCCCn1cc[n+](CC(O)c2ccc(NS(C)(=O)=O)cc2)c1. The van der Waals surface area contributed by atoms with Gasteiger partial charge in [0.05, 0.1) is 12.8 Å². The smallest absolute Gasteiger partial charge is 0.243 e. The minimum absolute atomic E-state index is 0.460. The average Bonchev–Trinajstić information content (AvgIpc) is 3.01. The molecule has 0 aliphatic carbocycles. The van der Waals surface area contributed by atoms with Gasteiger partial charge in [-0.1, -0.05) is 38.3 Å². The van der Waals surface area contributed by atoms with Crippen LogP contribution in [0.1, 0.15) is 50.7 Å². The van der Waals surface area contributed by atoms with Crippen LogP contribution < -0.4 is 9.29 Å². The van der Waals surface area contributed by atoms with E-state index < -0.39 is 16.1 Å². The van der Waals surface area contributed by atoms with E-state index >= 15 is 0 Å². The lowest BCUT2D eigenvalue weighted by atomic mass is 10.1. The summed E-state index contributed by atoms with van der Waals surface area (Å²) in [5, 5.41) is 10.4. The molecule has 144 valence electrons. The Morgan fingerprint density at radius 3 is 2.50 bits per heavy atom. The molecule has 0 aliphatic rings. The number of anilines is 1. The minimum atomic E-state index is -3.29. The molecule has 0 radical (unpaired) electrons. The molecule has 2 N–H and O–H groups in total. The van der Waals surface area contributed by atoms with Gasteiger partial charge >= 0.3 is 0 Å². The van der Waals surface area contributed by atoms with Crippen LogP contribution in [0.25, 0.3) is 0 Å². The van der Waals surface area contributed by atoms with E-state index in [0.717, 1.165) is 18.4 Å². The van der Waals surface area contributed by atoms with Crippen molar-refractivity contribution in [2.24, 2.45) is 0 Å². The van der Waals surface area contributed by atoms with Crippen molar-refractivity contribution in [2.75, 3.05) is 11.0 Å². The maximum absolute atomic E-state index is 11.2. The van der Waals surface area contributed by atoms with Gasteiger partial charge in [-0.05, 0) is 30.5 Å². The molecule has 2 aromatic rings. The standard InChI is InChI=1S/C19H30N3O3S/c1-3-4-5-6-7-12-21-13-14-22(16-21)15-19(23)17-8-10-18(11-9-17)20-26(2,24)25/h8-11,13-14,16,19-20,23H,3-7,12,15H2,1-2H3/q+1. The Morgan fingerprint density at radius 1 is 1.15 bits per heavy atom. The highest BCUT2D eigenvalue weighted by Crippen LogP contribution is 2.17. The van der Waals surface area contributed by atoms with Gasteiger partial charge in [-0.15, -0.1) is 0 Å². The van der Waals surface area contributed by atoms with Crippen LogP contribution in [0.4, 0.5) is 5.69 Å². The second-order valence-corrected chi connectivity index (χ2v) is 8.52. The van der Waals surface area contributed by atoms with Crippen molar-refractivity contribution >= 4 is 15.7 Å². The summed E-state index contributed by atoms with van der Waals surface area (Å²) in [7, 11) is -3.29. The Hall–Kier alpha value is -1.86. The number of sulfonamides is 1. The molecule has 0 saturated carbocycles. The number of hydrogen-bond acceptors (Lipinski definition) is 3. The minimum Gasteiger partial charge on any atom is -0.384 e. The molecule has 0 bridgehead atoms. The molecule has 0 aliphatic heterocycles. The number of aliphatic hydroxyl groups is 1. The fourth-order valence-electron chi connectivity index (χ4n) is 2.87. The van der Waals surface area contributed by atoms with Crippen molar-refractivity contribution in [2.45, 2.75) is 58.2 Å². The molecule has 7 heteroatoms. The van der Waals surface area contributed by atoms with Crippen LogP contribution in [0.2, 0.25) is 0 Å². The lowest BCUT2D eigenvalue weighted by Crippen LogP contribution is -2.34. The number of aryl methyl sites for hydroxylation is 1. The third-order valence-corrected chi connectivity index (χ3v) is 4.86. The van der Waals surface area contributed by atoms with Crippen LogP contribution in [0.15, 0.2) is 43.0 Å². The zero-order valence-electron chi connectivity index (χ0n) is 15.6. The highest BCUT2D eigenvalue weighted by molar-refractivity contribution is 7.92. The second-order valence-electron chi connectivity index (χ2n) is 6.77. The van der Waals surface area contributed by atoms with Gasteiger partial charge in [-0.3, -0.25) is 4.72 Å². The monoisotopic (exact) mass is 380 g/mol. The van der Waals surface area contributed by atoms with Crippen molar-refractivity contribution in [1.29, 1.82) is 0 Å². The molecule has 0 spiro atoms. The molecular weight excluding hydrogens is 350 g/mol. The highest BCUT2D eigenvalue weighted by Gasteiger charge is 2.13. The van der Waals surface area contributed by atoms with Gasteiger partial charge in [-0.2, -0.15) is 0 Å². The van der Waals surface area contributed by atoms with Gasteiger partial charge in [0.15, 0.2) is 0 Å². The Kier molecular flexibility index (Phi) is 7.66. The van der Waals surface area contributed by atoms with Gasteiger partial charge in [0.1, 0.15) is 25.0 Å². The molecule has 1 heterocycles. The molecule has 1 atom stereocenters. The predicted molar refractivity (Wildman–Crippen MR) is 103 cm³/mol. The van der Waals surface area contributed by atoms with Crippen molar-refractivity contribution in [3.05, 3.63) is 48.5 Å². The number of rotatable bonds is 11. The van der Waals surface area contributed by atoms with Gasteiger partial charge in [0, 0.05) is 5.69 Å². The van der Waals surface area contributed by atoms with E-state index in [9.17, 15) is 13.5 Å². The van der Waals surface area contributed by atoms with Crippen LogP contribution in [-0.4, -0.2) is 24.3 Å². The fourth-order valence-corrected chi connectivity index (χ4v) is 3.43. The van der Waals surface area contributed by atoms with Gasteiger partial charge in [-0.25, -0.2) is 17.6 Å². The second kappa shape index (κ2) is 9.73.